The number of para-hydroxylation sites is 1. The molecule has 234 valence electrons. The number of rotatable bonds is 6. The molecule has 0 bridgehead atoms. The van der Waals surface area contributed by atoms with Crippen molar-refractivity contribution in [3.63, 3.8) is 0 Å². The molecular formula is C44H28N6. The van der Waals surface area contributed by atoms with Gasteiger partial charge in [0.25, 0.3) is 0 Å². The van der Waals surface area contributed by atoms with Crippen LogP contribution < -0.4 is 0 Å². The maximum absolute atomic E-state index is 5.02. The van der Waals surface area contributed by atoms with Crippen LogP contribution in [0.2, 0.25) is 0 Å². The Morgan fingerprint density at radius 2 is 0.880 bits per heavy atom. The Morgan fingerprint density at radius 3 is 1.60 bits per heavy atom. The summed E-state index contributed by atoms with van der Waals surface area (Å²) in [5.41, 5.74) is 9.29. The topological polar surface area (TPSA) is 77.3 Å². The fourth-order valence-electron chi connectivity index (χ4n) is 6.31. The zero-order chi connectivity index (χ0) is 33.3. The van der Waals surface area contributed by atoms with E-state index in [0.29, 0.717) is 23.2 Å². The van der Waals surface area contributed by atoms with Gasteiger partial charge in [0.1, 0.15) is 5.69 Å². The molecule has 0 aliphatic carbocycles. The molecule has 0 aliphatic heterocycles. The van der Waals surface area contributed by atoms with Gasteiger partial charge in [0.05, 0.1) is 16.9 Å². The van der Waals surface area contributed by atoms with Crippen molar-refractivity contribution in [3.8, 4) is 67.9 Å². The molecule has 4 aromatic heterocycles. The van der Waals surface area contributed by atoms with Gasteiger partial charge < -0.3 is 0 Å². The summed E-state index contributed by atoms with van der Waals surface area (Å²) >= 11 is 0. The highest BCUT2D eigenvalue weighted by Gasteiger charge is 2.15. The largest absolute Gasteiger partial charge is 0.254 e. The standard InChI is InChI=1S/C44H28N6/c1-3-11-29(12-4-1)30-19-21-32(22-20-30)43-48-42(31-13-5-2-6-14-31)49-44(50-43)40-27-33(25-26-45-40)34-23-24-39(46-28-34)41-37-17-8-7-15-35(37)36-16-9-10-18-38(36)47-41/h1-28H. The van der Waals surface area contributed by atoms with E-state index in [1.807, 2.05) is 91.1 Å². The van der Waals surface area contributed by atoms with Gasteiger partial charge in [-0.3, -0.25) is 9.97 Å². The van der Waals surface area contributed by atoms with Crippen LogP contribution in [-0.2, 0) is 0 Å². The summed E-state index contributed by atoms with van der Waals surface area (Å²) in [4.78, 5) is 29.4. The molecular weight excluding hydrogens is 613 g/mol. The number of hydrogen-bond acceptors (Lipinski definition) is 6. The molecule has 0 amide bonds. The maximum atomic E-state index is 5.02. The van der Waals surface area contributed by atoms with Gasteiger partial charge in [-0.15, -0.1) is 0 Å². The summed E-state index contributed by atoms with van der Waals surface area (Å²) in [5.74, 6) is 1.67. The first-order valence-electron chi connectivity index (χ1n) is 16.4. The van der Waals surface area contributed by atoms with Crippen LogP contribution in [0.4, 0.5) is 0 Å². The van der Waals surface area contributed by atoms with Gasteiger partial charge in [0.15, 0.2) is 17.5 Å². The lowest BCUT2D eigenvalue weighted by atomic mass is 10.0. The molecule has 9 rings (SSSR count). The number of benzene rings is 5. The maximum Gasteiger partial charge on any atom is 0.182 e. The Bertz CT molecular complexity index is 2620. The molecule has 0 fully saturated rings. The zero-order valence-electron chi connectivity index (χ0n) is 26.8. The molecule has 0 aliphatic rings. The van der Waals surface area contributed by atoms with Gasteiger partial charge in [-0.05, 0) is 46.3 Å². The van der Waals surface area contributed by atoms with E-state index < -0.39 is 0 Å². The minimum Gasteiger partial charge on any atom is -0.254 e. The van der Waals surface area contributed by atoms with Crippen LogP contribution in [0.5, 0.6) is 0 Å². The van der Waals surface area contributed by atoms with Crippen LogP contribution in [-0.4, -0.2) is 29.9 Å². The first-order chi connectivity index (χ1) is 24.8. The Balaban J connectivity index is 1.09. The number of pyridine rings is 3. The van der Waals surface area contributed by atoms with Crippen molar-refractivity contribution in [3.05, 3.63) is 170 Å². The molecule has 0 unspecified atom stereocenters. The Labute approximate surface area is 288 Å². The molecule has 0 radical (unpaired) electrons. The molecule has 6 heteroatoms. The summed E-state index contributed by atoms with van der Waals surface area (Å²) in [6.07, 6.45) is 3.68. The Morgan fingerprint density at radius 1 is 0.320 bits per heavy atom. The number of hydrogen-bond donors (Lipinski definition) is 0. The van der Waals surface area contributed by atoms with Crippen LogP contribution in [0, 0.1) is 0 Å². The fourth-order valence-corrected chi connectivity index (χ4v) is 6.31. The third-order valence-corrected chi connectivity index (χ3v) is 8.85. The van der Waals surface area contributed by atoms with Gasteiger partial charge in [-0.1, -0.05) is 133 Å². The van der Waals surface area contributed by atoms with Crippen molar-refractivity contribution in [2.45, 2.75) is 0 Å². The van der Waals surface area contributed by atoms with Gasteiger partial charge in [-0.25, -0.2) is 19.9 Å². The van der Waals surface area contributed by atoms with E-state index in [1.165, 1.54) is 0 Å². The Kier molecular flexibility index (Phi) is 7.37. The molecule has 0 spiro atoms. The monoisotopic (exact) mass is 640 g/mol. The predicted molar refractivity (Wildman–Crippen MR) is 201 cm³/mol. The zero-order valence-corrected chi connectivity index (χ0v) is 26.8. The van der Waals surface area contributed by atoms with Crippen molar-refractivity contribution in [1.29, 1.82) is 0 Å². The summed E-state index contributed by atoms with van der Waals surface area (Å²) < 4.78 is 0. The lowest BCUT2D eigenvalue weighted by Gasteiger charge is -2.11. The molecule has 9 aromatic rings. The normalized spacial score (nSPS) is 11.2. The third kappa shape index (κ3) is 5.55. The molecule has 50 heavy (non-hydrogen) atoms. The van der Waals surface area contributed by atoms with E-state index in [9.17, 15) is 0 Å². The summed E-state index contributed by atoms with van der Waals surface area (Å²) in [6, 6.07) is 53.3. The second-order valence-corrected chi connectivity index (χ2v) is 12.0. The molecule has 5 aromatic carbocycles. The van der Waals surface area contributed by atoms with E-state index in [4.69, 9.17) is 29.9 Å². The average molecular weight is 641 g/mol. The van der Waals surface area contributed by atoms with Crippen molar-refractivity contribution in [2.24, 2.45) is 0 Å². The first-order valence-corrected chi connectivity index (χ1v) is 16.4. The molecule has 0 saturated heterocycles. The number of aromatic nitrogens is 6. The van der Waals surface area contributed by atoms with Crippen molar-refractivity contribution >= 4 is 21.7 Å². The summed E-state index contributed by atoms with van der Waals surface area (Å²) in [5, 5.41) is 3.37. The van der Waals surface area contributed by atoms with Crippen LogP contribution in [0.25, 0.3) is 89.6 Å². The van der Waals surface area contributed by atoms with Crippen molar-refractivity contribution in [2.75, 3.05) is 0 Å². The van der Waals surface area contributed by atoms with Gasteiger partial charge in [0, 0.05) is 39.9 Å². The summed E-state index contributed by atoms with van der Waals surface area (Å²) in [7, 11) is 0. The lowest BCUT2D eigenvalue weighted by molar-refractivity contribution is 1.06. The smallest absolute Gasteiger partial charge is 0.182 e. The number of nitrogens with zero attached hydrogens (tertiary/aromatic N) is 6. The molecule has 4 heterocycles. The number of fused-ring (bicyclic) bond motifs is 3. The van der Waals surface area contributed by atoms with E-state index >= 15 is 0 Å². The van der Waals surface area contributed by atoms with Gasteiger partial charge in [-0.2, -0.15) is 0 Å². The molecule has 0 atom stereocenters. The SMILES string of the molecule is c1ccc(-c2ccc(-c3nc(-c4ccccc4)nc(-c4cc(-c5ccc(-c6nc7ccccc7c7ccccc67)nc5)ccn4)n3)cc2)cc1. The lowest BCUT2D eigenvalue weighted by Crippen LogP contribution is -2.01. The van der Waals surface area contributed by atoms with E-state index in [2.05, 4.69) is 72.8 Å². The third-order valence-electron chi connectivity index (χ3n) is 8.85. The second kappa shape index (κ2) is 12.6. The van der Waals surface area contributed by atoms with Crippen molar-refractivity contribution in [1.82, 2.24) is 29.9 Å². The highest BCUT2D eigenvalue weighted by Crippen LogP contribution is 2.33. The average Bonchev–Trinajstić information content (AvgIpc) is 3.21. The minimum absolute atomic E-state index is 0.499. The van der Waals surface area contributed by atoms with E-state index in [0.717, 1.165) is 66.4 Å². The fraction of sp³-hybridized carbons (Fsp3) is 0. The molecule has 0 saturated carbocycles. The van der Waals surface area contributed by atoms with E-state index in [-0.39, 0.29) is 0 Å². The van der Waals surface area contributed by atoms with Crippen LogP contribution in [0.15, 0.2) is 170 Å². The van der Waals surface area contributed by atoms with Crippen LogP contribution in [0.1, 0.15) is 0 Å². The summed E-state index contributed by atoms with van der Waals surface area (Å²) in [6.45, 7) is 0. The first kappa shape index (κ1) is 29.2. The minimum atomic E-state index is 0.499. The van der Waals surface area contributed by atoms with Crippen LogP contribution in [0.3, 0.4) is 0 Å². The van der Waals surface area contributed by atoms with Crippen LogP contribution >= 0.6 is 0 Å². The van der Waals surface area contributed by atoms with E-state index in [1.54, 1.807) is 6.20 Å². The second-order valence-electron chi connectivity index (χ2n) is 12.0. The highest BCUT2D eigenvalue weighted by atomic mass is 15.0. The molecule has 6 nitrogen and oxygen atoms in total. The Hall–Kier alpha value is -6.92. The quantitative estimate of drug-likeness (QED) is 0.168. The van der Waals surface area contributed by atoms with Crippen molar-refractivity contribution < 1.29 is 0 Å². The van der Waals surface area contributed by atoms with Gasteiger partial charge in [0.2, 0.25) is 0 Å². The van der Waals surface area contributed by atoms with Gasteiger partial charge >= 0.3 is 0 Å². The highest BCUT2D eigenvalue weighted by molar-refractivity contribution is 6.10. The predicted octanol–water partition coefficient (Wildman–Crippen LogP) is 10.4. The molecule has 0 N–H and O–H groups in total.